The SMILES string of the molecule is CCOC(=O)/C(C)=C/C(C(C)C)N(C)C(=O)C(NC(=O)N(C)NC(C)(C)C)C(C)(C)C. The average molecular weight is 441 g/mol. The highest BCUT2D eigenvalue weighted by Gasteiger charge is 2.37. The van der Waals surface area contributed by atoms with E-state index >= 15 is 0 Å². The molecule has 0 saturated heterocycles. The van der Waals surface area contributed by atoms with Crippen molar-refractivity contribution in [3.8, 4) is 0 Å². The van der Waals surface area contributed by atoms with Crippen LogP contribution in [0.1, 0.15) is 69.2 Å². The maximum Gasteiger partial charge on any atom is 0.333 e. The van der Waals surface area contributed by atoms with Crippen molar-refractivity contribution in [1.29, 1.82) is 0 Å². The van der Waals surface area contributed by atoms with Gasteiger partial charge in [0.2, 0.25) is 5.91 Å². The van der Waals surface area contributed by atoms with Crippen LogP contribution in [0.5, 0.6) is 0 Å². The number of amides is 3. The van der Waals surface area contributed by atoms with Gasteiger partial charge in [-0.3, -0.25) is 9.80 Å². The molecule has 8 heteroatoms. The summed E-state index contributed by atoms with van der Waals surface area (Å²) in [6.45, 7) is 19.3. The van der Waals surface area contributed by atoms with E-state index in [4.69, 9.17) is 4.74 Å². The molecule has 0 aliphatic carbocycles. The first kappa shape index (κ1) is 28.9. The number of urea groups is 1. The van der Waals surface area contributed by atoms with Gasteiger partial charge in [-0.1, -0.05) is 40.7 Å². The molecule has 31 heavy (non-hydrogen) atoms. The van der Waals surface area contributed by atoms with Gasteiger partial charge >= 0.3 is 12.0 Å². The van der Waals surface area contributed by atoms with Crippen molar-refractivity contribution >= 4 is 17.9 Å². The van der Waals surface area contributed by atoms with E-state index in [1.165, 1.54) is 5.01 Å². The fraction of sp³-hybridized carbons (Fsp3) is 0.783. The van der Waals surface area contributed by atoms with Crippen molar-refractivity contribution in [2.24, 2.45) is 11.3 Å². The number of carbonyl (C=O) groups is 3. The van der Waals surface area contributed by atoms with E-state index in [0.29, 0.717) is 12.2 Å². The molecule has 0 aromatic heterocycles. The lowest BCUT2D eigenvalue weighted by molar-refractivity contribution is -0.139. The molecule has 2 unspecified atom stereocenters. The number of nitrogens with one attached hydrogen (secondary N) is 2. The van der Waals surface area contributed by atoms with Gasteiger partial charge in [-0.15, -0.1) is 0 Å². The van der Waals surface area contributed by atoms with Gasteiger partial charge in [0.25, 0.3) is 0 Å². The standard InChI is InChI=1S/C23H44N4O4/c1-13-31-20(29)16(4)14-17(15(2)3)26(11)19(28)18(22(5,6)7)24-21(30)27(12)25-23(8,9)10/h14-15,17-18,25H,13H2,1-12H3,(H,24,30)/b16-14+. The van der Waals surface area contributed by atoms with Gasteiger partial charge in [0.15, 0.2) is 0 Å². The lowest BCUT2D eigenvalue weighted by atomic mass is 9.85. The minimum Gasteiger partial charge on any atom is -0.463 e. The van der Waals surface area contributed by atoms with Crippen LogP contribution in [-0.2, 0) is 14.3 Å². The van der Waals surface area contributed by atoms with Crippen LogP contribution in [0.4, 0.5) is 4.79 Å². The smallest absolute Gasteiger partial charge is 0.333 e. The van der Waals surface area contributed by atoms with E-state index in [-0.39, 0.29) is 23.4 Å². The maximum absolute atomic E-state index is 13.5. The molecular weight excluding hydrogens is 396 g/mol. The Hall–Kier alpha value is -2.09. The third-order valence-electron chi connectivity index (χ3n) is 4.68. The molecule has 2 N–H and O–H groups in total. The quantitative estimate of drug-likeness (QED) is 0.343. The molecule has 0 rings (SSSR count). The zero-order valence-electron chi connectivity index (χ0n) is 21.5. The Morgan fingerprint density at radius 2 is 1.55 bits per heavy atom. The van der Waals surface area contributed by atoms with E-state index in [9.17, 15) is 14.4 Å². The lowest BCUT2D eigenvalue weighted by Crippen LogP contribution is -2.61. The molecule has 0 heterocycles. The van der Waals surface area contributed by atoms with Crippen LogP contribution in [0, 0.1) is 11.3 Å². The molecule has 0 aliphatic heterocycles. The van der Waals surface area contributed by atoms with Crippen molar-refractivity contribution < 1.29 is 19.1 Å². The number of nitrogens with zero attached hydrogens (tertiary/aromatic N) is 2. The Balaban J connectivity index is 5.76. The molecule has 0 aliphatic rings. The average Bonchev–Trinajstić information content (AvgIpc) is 2.59. The van der Waals surface area contributed by atoms with Gasteiger partial charge in [0.1, 0.15) is 6.04 Å². The summed E-state index contributed by atoms with van der Waals surface area (Å²) in [7, 11) is 3.32. The zero-order valence-corrected chi connectivity index (χ0v) is 21.5. The zero-order chi connectivity index (χ0) is 24.7. The molecule has 0 spiro atoms. The molecule has 2 atom stereocenters. The van der Waals surface area contributed by atoms with Crippen molar-refractivity contribution in [2.45, 2.75) is 86.9 Å². The molecule has 0 aromatic rings. The largest absolute Gasteiger partial charge is 0.463 e. The van der Waals surface area contributed by atoms with Gasteiger partial charge in [0, 0.05) is 25.2 Å². The number of hydrogen-bond donors (Lipinski definition) is 2. The Bertz CT molecular complexity index is 659. The predicted octanol–water partition coefficient (Wildman–Crippen LogP) is 3.34. The number of likely N-dealkylation sites (N-methyl/N-ethyl adjacent to an activating group) is 1. The molecule has 0 aromatic carbocycles. The summed E-state index contributed by atoms with van der Waals surface area (Å²) < 4.78 is 5.06. The summed E-state index contributed by atoms with van der Waals surface area (Å²) in [6.07, 6.45) is 1.76. The van der Waals surface area contributed by atoms with Gasteiger partial charge in [-0.2, -0.15) is 0 Å². The maximum atomic E-state index is 13.5. The Morgan fingerprint density at radius 1 is 1.03 bits per heavy atom. The molecule has 0 radical (unpaired) electrons. The fourth-order valence-electron chi connectivity index (χ4n) is 3.09. The monoisotopic (exact) mass is 440 g/mol. The molecule has 8 nitrogen and oxygen atoms in total. The normalized spacial score (nSPS) is 14.7. The number of esters is 1. The number of ether oxygens (including phenoxy) is 1. The first-order chi connectivity index (χ1) is 13.9. The predicted molar refractivity (Wildman–Crippen MR) is 124 cm³/mol. The van der Waals surface area contributed by atoms with Crippen LogP contribution in [0.15, 0.2) is 11.6 Å². The second-order valence-electron chi connectivity index (χ2n) is 10.4. The first-order valence-electron chi connectivity index (χ1n) is 10.9. The van der Waals surface area contributed by atoms with Crippen molar-refractivity contribution in [1.82, 2.24) is 20.7 Å². The number of hydrogen-bond acceptors (Lipinski definition) is 5. The van der Waals surface area contributed by atoms with E-state index in [2.05, 4.69) is 10.7 Å². The van der Waals surface area contributed by atoms with E-state index in [0.717, 1.165) is 0 Å². The van der Waals surface area contributed by atoms with E-state index in [1.807, 2.05) is 55.4 Å². The highest BCUT2D eigenvalue weighted by molar-refractivity contribution is 5.89. The molecular formula is C23H44N4O4. The van der Waals surface area contributed by atoms with Gasteiger partial charge in [-0.05, 0) is 46.0 Å². The van der Waals surface area contributed by atoms with Crippen LogP contribution >= 0.6 is 0 Å². The third-order valence-corrected chi connectivity index (χ3v) is 4.68. The number of carbonyl (C=O) groups excluding carboxylic acids is 3. The van der Waals surface area contributed by atoms with E-state index < -0.39 is 23.5 Å². The minimum atomic E-state index is -0.758. The summed E-state index contributed by atoms with van der Waals surface area (Å²) in [6, 6.07) is -1.48. The van der Waals surface area contributed by atoms with Crippen molar-refractivity contribution in [2.75, 3.05) is 20.7 Å². The molecule has 0 bridgehead atoms. The molecule has 0 fully saturated rings. The molecule has 0 saturated carbocycles. The molecule has 3 amide bonds. The van der Waals surface area contributed by atoms with Gasteiger partial charge in [-0.25, -0.2) is 15.0 Å². The van der Waals surface area contributed by atoms with Crippen molar-refractivity contribution in [3.05, 3.63) is 11.6 Å². The molecule has 180 valence electrons. The number of hydrazine groups is 1. The minimum absolute atomic E-state index is 0.0554. The first-order valence-corrected chi connectivity index (χ1v) is 10.9. The highest BCUT2D eigenvalue weighted by Crippen LogP contribution is 2.24. The summed E-state index contributed by atoms with van der Waals surface area (Å²) in [5.74, 6) is -0.568. The van der Waals surface area contributed by atoms with Crippen LogP contribution in [0.25, 0.3) is 0 Å². The highest BCUT2D eigenvalue weighted by atomic mass is 16.5. The van der Waals surface area contributed by atoms with Crippen LogP contribution < -0.4 is 10.7 Å². The number of rotatable bonds is 8. The summed E-state index contributed by atoms with van der Waals surface area (Å²) in [4.78, 5) is 39.9. The van der Waals surface area contributed by atoms with Gasteiger partial charge in [0.05, 0.1) is 12.6 Å². The summed E-state index contributed by atoms with van der Waals surface area (Å²) in [5.41, 5.74) is 2.69. The van der Waals surface area contributed by atoms with Crippen LogP contribution in [-0.4, -0.2) is 66.1 Å². The topological polar surface area (TPSA) is 91.0 Å². The summed E-state index contributed by atoms with van der Waals surface area (Å²) in [5, 5.41) is 4.23. The van der Waals surface area contributed by atoms with Crippen molar-refractivity contribution in [3.63, 3.8) is 0 Å². The Labute approximate surface area is 188 Å². The second-order valence-corrected chi connectivity index (χ2v) is 10.4. The summed E-state index contributed by atoms with van der Waals surface area (Å²) >= 11 is 0. The Morgan fingerprint density at radius 3 is 1.94 bits per heavy atom. The Kier molecular flexibility index (Phi) is 10.7. The van der Waals surface area contributed by atoms with Crippen LogP contribution in [0.2, 0.25) is 0 Å². The fourth-order valence-corrected chi connectivity index (χ4v) is 3.09. The lowest BCUT2D eigenvalue weighted by Gasteiger charge is -2.38. The van der Waals surface area contributed by atoms with Gasteiger partial charge < -0.3 is 15.0 Å². The second kappa shape index (κ2) is 11.5. The van der Waals surface area contributed by atoms with Crippen LogP contribution in [0.3, 0.4) is 0 Å². The van der Waals surface area contributed by atoms with E-state index in [1.54, 1.807) is 38.9 Å². The third kappa shape index (κ3) is 9.72.